The van der Waals surface area contributed by atoms with E-state index in [2.05, 4.69) is 6.58 Å². The Hall–Kier alpha value is -4.32. The van der Waals surface area contributed by atoms with Crippen molar-refractivity contribution in [2.75, 3.05) is 20.3 Å². The lowest BCUT2D eigenvalue weighted by atomic mass is 9.97. The molecule has 1 aliphatic heterocycles. The second-order valence-corrected chi connectivity index (χ2v) is 8.32. The van der Waals surface area contributed by atoms with Crippen LogP contribution in [0.2, 0.25) is 0 Å². The number of carbonyl (C=O) groups is 1. The number of fused-ring (bicyclic) bond motifs is 2. The van der Waals surface area contributed by atoms with Gasteiger partial charge in [0.25, 0.3) is 5.91 Å². The number of hydrogen-bond donors (Lipinski definition) is 0. The molecule has 0 radical (unpaired) electrons. The molecule has 35 heavy (non-hydrogen) atoms. The zero-order chi connectivity index (χ0) is 24.4. The van der Waals surface area contributed by atoms with Crippen LogP contribution >= 0.6 is 0 Å². The fraction of sp³-hybridized carbons (Fsp3) is 0.172. The van der Waals surface area contributed by atoms with Crippen molar-refractivity contribution < 1.29 is 18.7 Å². The molecule has 2 heterocycles. The quantitative estimate of drug-likeness (QED) is 0.335. The molecular weight excluding hydrogens is 442 g/mol. The van der Waals surface area contributed by atoms with Crippen molar-refractivity contribution in [2.24, 2.45) is 0 Å². The van der Waals surface area contributed by atoms with Gasteiger partial charge >= 0.3 is 0 Å². The van der Waals surface area contributed by atoms with Crippen LogP contribution in [0.1, 0.15) is 33.3 Å². The summed E-state index contributed by atoms with van der Waals surface area (Å²) in [6.07, 6.45) is 2.29. The van der Waals surface area contributed by atoms with Crippen molar-refractivity contribution in [2.45, 2.75) is 12.5 Å². The van der Waals surface area contributed by atoms with E-state index in [0.29, 0.717) is 47.6 Å². The molecule has 0 saturated carbocycles. The summed E-state index contributed by atoms with van der Waals surface area (Å²) in [6.45, 7) is 4.43. The Morgan fingerprint density at radius 3 is 2.54 bits per heavy atom. The molecule has 1 unspecified atom stereocenters. The Morgan fingerprint density at radius 2 is 1.77 bits per heavy atom. The van der Waals surface area contributed by atoms with E-state index >= 15 is 0 Å². The molecular formula is C29H25NO5. The third-order valence-corrected chi connectivity index (χ3v) is 6.22. The van der Waals surface area contributed by atoms with Crippen LogP contribution in [-0.2, 0) is 6.42 Å². The first-order valence-corrected chi connectivity index (χ1v) is 11.4. The first-order valence-electron chi connectivity index (χ1n) is 11.4. The summed E-state index contributed by atoms with van der Waals surface area (Å²) >= 11 is 0. The lowest BCUT2D eigenvalue weighted by Gasteiger charge is -2.26. The van der Waals surface area contributed by atoms with Gasteiger partial charge in [0.05, 0.1) is 24.1 Å². The topological polar surface area (TPSA) is 69.0 Å². The van der Waals surface area contributed by atoms with Gasteiger partial charge in [-0.15, -0.1) is 0 Å². The minimum Gasteiger partial charge on any atom is -0.493 e. The van der Waals surface area contributed by atoms with E-state index in [1.54, 1.807) is 48.4 Å². The van der Waals surface area contributed by atoms with Gasteiger partial charge in [0.1, 0.15) is 12.2 Å². The van der Waals surface area contributed by atoms with Gasteiger partial charge in [-0.3, -0.25) is 9.59 Å². The number of benzene rings is 3. The largest absolute Gasteiger partial charge is 0.493 e. The molecule has 1 aromatic heterocycles. The molecule has 3 aromatic carbocycles. The highest BCUT2D eigenvalue weighted by molar-refractivity contribution is 5.99. The van der Waals surface area contributed by atoms with Crippen LogP contribution in [0, 0.1) is 0 Å². The summed E-state index contributed by atoms with van der Waals surface area (Å²) in [4.78, 5) is 28.9. The van der Waals surface area contributed by atoms with E-state index in [0.717, 1.165) is 11.1 Å². The van der Waals surface area contributed by atoms with Crippen molar-refractivity contribution in [3.8, 4) is 11.5 Å². The smallest absolute Gasteiger partial charge is 0.290 e. The number of amides is 1. The van der Waals surface area contributed by atoms with Gasteiger partial charge in [-0.1, -0.05) is 61.2 Å². The average molecular weight is 468 g/mol. The monoisotopic (exact) mass is 467 g/mol. The summed E-state index contributed by atoms with van der Waals surface area (Å²) < 4.78 is 17.3. The van der Waals surface area contributed by atoms with Gasteiger partial charge in [-0.25, -0.2) is 0 Å². The standard InChI is InChI=1S/C29H25NO5/c1-3-17-34-23-14-13-20(18-24(23)33-2)26-25-27(31)21-11-7-8-12-22(21)35-28(25)29(32)30(26)16-15-19-9-5-4-6-10-19/h3-14,18,26H,1,15-17H2,2H3. The Balaban J connectivity index is 1.63. The number of nitrogens with zero attached hydrogens (tertiary/aromatic N) is 1. The van der Waals surface area contributed by atoms with Crippen LogP contribution in [-0.4, -0.2) is 31.1 Å². The summed E-state index contributed by atoms with van der Waals surface area (Å²) in [7, 11) is 1.56. The van der Waals surface area contributed by atoms with Gasteiger partial charge in [-0.2, -0.15) is 0 Å². The molecule has 0 aliphatic carbocycles. The van der Waals surface area contributed by atoms with Gasteiger partial charge < -0.3 is 18.8 Å². The van der Waals surface area contributed by atoms with E-state index in [-0.39, 0.29) is 17.1 Å². The van der Waals surface area contributed by atoms with Crippen molar-refractivity contribution in [1.82, 2.24) is 4.90 Å². The Labute approximate surface area is 203 Å². The molecule has 0 spiro atoms. The van der Waals surface area contributed by atoms with E-state index in [1.165, 1.54) is 0 Å². The second kappa shape index (κ2) is 9.50. The normalized spacial score (nSPS) is 14.7. The van der Waals surface area contributed by atoms with Gasteiger partial charge in [0.2, 0.25) is 5.76 Å². The van der Waals surface area contributed by atoms with Gasteiger partial charge in [-0.05, 0) is 41.8 Å². The molecule has 1 aliphatic rings. The van der Waals surface area contributed by atoms with Crippen LogP contribution < -0.4 is 14.9 Å². The number of methoxy groups -OCH3 is 1. The number of rotatable bonds is 8. The highest BCUT2D eigenvalue weighted by atomic mass is 16.5. The van der Waals surface area contributed by atoms with Crippen LogP contribution in [0.5, 0.6) is 11.5 Å². The maximum Gasteiger partial charge on any atom is 0.290 e. The first kappa shape index (κ1) is 22.5. The third kappa shape index (κ3) is 4.08. The molecule has 1 atom stereocenters. The van der Waals surface area contributed by atoms with Crippen LogP contribution in [0.4, 0.5) is 0 Å². The summed E-state index contributed by atoms with van der Waals surface area (Å²) in [6, 6.07) is 21.8. The molecule has 5 rings (SSSR count). The Kier molecular flexibility index (Phi) is 6.10. The van der Waals surface area contributed by atoms with Crippen molar-refractivity contribution >= 4 is 16.9 Å². The highest BCUT2D eigenvalue weighted by Gasteiger charge is 2.42. The van der Waals surface area contributed by atoms with E-state index in [4.69, 9.17) is 13.9 Å². The van der Waals surface area contributed by atoms with Crippen LogP contribution in [0.25, 0.3) is 11.0 Å². The predicted molar refractivity (Wildman–Crippen MR) is 134 cm³/mol. The molecule has 6 nitrogen and oxygen atoms in total. The minimum atomic E-state index is -0.607. The second-order valence-electron chi connectivity index (χ2n) is 8.32. The van der Waals surface area contributed by atoms with Crippen molar-refractivity contribution in [3.05, 3.63) is 118 Å². The maximum absolute atomic E-state index is 13.6. The lowest BCUT2D eigenvalue weighted by Crippen LogP contribution is -2.31. The average Bonchev–Trinajstić information content (AvgIpc) is 3.18. The van der Waals surface area contributed by atoms with E-state index in [9.17, 15) is 9.59 Å². The van der Waals surface area contributed by atoms with Crippen molar-refractivity contribution in [1.29, 1.82) is 0 Å². The zero-order valence-electron chi connectivity index (χ0n) is 19.4. The van der Waals surface area contributed by atoms with E-state index in [1.807, 2.05) is 42.5 Å². The Morgan fingerprint density at radius 1 is 1.00 bits per heavy atom. The fourth-order valence-corrected chi connectivity index (χ4v) is 4.56. The number of carbonyl (C=O) groups excluding carboxylic acids is 1. The fourth-order valence-electron chi connectivity index (χ4n) is 4.56. The van der Waals surface area contributed by atoms with Crippen molar-refractivity contribution in [3.63, 3.8) is 0 Å². The molecule has 0 fully saturated rings. The SMILES string of the molecule is C=CCOc1ccc(C2c3c(oc4ccccc4c3=O)C(=O)N2CCc2ccccc2)cc1OC. The zero-order valence-corrected chi connectivity index (χ0v) is 19.4. The number of hydrogen-bond acceptors (Lipinski definition) is 5. The molecule has 0 saturated heterocycles. The van der Waals surface area contributed by atoms with Gasteiger partial charge in [0, 0.05) is 6.54 Å². The first-order chi connectivity index (χ1) is 17.1. The predicted octanol–water partition coefficient (Wildman–Crippen LogP) is 5.15. The van der Waals surface area contributed by atoms with E-state index < -0.39 is 6.04 Å². The highest BCUT2D eigenvalue weighted by Crippen LogP contribution is 2.41. The maximum atomic E-state index is 13.6. The molecule has 0 N–H and O–H groups in total. The van der Waals surface area contributed by atoms with Gasteiger partial charge in [0.15, 0.2) is 16.9 Å². The molecule has 176 valence electrons. The summed E-state index contributed by atoms with van der Waals surface area (Å²) in [5.41, 5.74) is 2.40. The van der Waals surface area contributed by atoms with Crippen LogP contribution in [0.3, 0.4) is 0 Å². The molecule has 4 aromatic rings. The minimum absolute atomic E-state index is 0.0951. The Bertz CT molecular complexity index is 1460. The molecule has 6 heteroatoms. The molecule has 0 bridgehead atoms. The lowest BCUT2D eigenvalue weighted by molar-refractivity contribution is 0.0730. The molecule has 1 amide bonds. The summed E-state index contributed by atoms with van der Waals surface area (Å²) in [5, 5.41) is 0.451. The third-order valence-electron chi connectivity index (χ3n) is 6.22. The number of ether oxygens (including phenoxy) is 2. The summed E-state index contributed by atoms with van der Waals surface area (Å²) in [5.74, 6) is 0.868. The number of para-hydroxylation sites is 1. The van der Waals surface area contributed by atoms with Crippen LogP contribution in [0.15, 0.2) is 94.7 Å².